The van der Waals surface area contributed by atoms with Crippen LogP contribution in [-0.4, -0.2) is 17.1 Å². The van der Waals surface area contributed by atoms with E-state index in [0.29, 0.717) is 15.9 Å². The molecule has 2 aromatic carbocycles. The number of halogens is 2. The predicted molar refractivity (Wildman–Crippen MR) is 92.4 cm³/mol. The van der Waals surface area contributed by atoms with Crippen LogP contribution in [0.3, 0.4) is 0 Å². The van der Waals surface area contributed by atoms with Gasteiger partial charge in [-0.1, -0.05) is 53.5 Å². The van der Waals surface area contributed by atoms with Gasteiger partial charge in [0, 0.05) is 27.7 Å². The van der Waals surface area contributed by atoms with E-state index in [0.717, 1.165) is 16.7 Å². The second-order valence-electron chi connectivity index (χ2n) is 4.99. The molecular weight excluding hydrogens is 331 g/mol. The van der Waals surface area contributed by atoms with Gasteiger partial charge in [0.05, 0.1) is 7.11 Å². The first-order valence-corrected chi connectivity index (χ1v) is 7.80. The summed E-state index contributed by atoms with van der Waals surface area (Å²) in [4.78, 5) is 8.37. The molecular formula is C18H14Cl2N2O. The lowest BCUT2D eigenvalue weighted by Crippen LogP contribution is -2.07. The minimum Gasteiger partial charge on any atom is -0.481 e. The van der Waals surface area contributed by atoms with Gasteiger partial charge in [0.2, 0.25) is 5.88 Å². The lowest BCUT2D eigenvalue weighted by atomic mass is 9.86. The van der Waals surface area contributed by atoms with Crippen LogP contribution < -0.4 is 4.74 Å². The number of aromatic nitrogens is 2. The summed E-state index contributed by atoms with van der Waals surface area (Å²) in [6.45, 7) is 0. The van der Waals surface area contributed by atoms with E-state index in [-0.39, 0.29) is 5.92 Å². The minimum absolute atomic E-state index is 0.142. The second kappa shape index (κ2) is 6.99. The molecule has 0 aliphatic carbocycles. The SMILES string of the molecule is COc1ncncc1[C@H](c1ccc(Cl)cc1)c1ccccc1Cl. The normalized spacial score (nSPS) is 12.0. The molecule has 1 atom stereocenters. The Bertz CT molecular complexity index is 806. The van der Waals surface area contributed by atoms with Crippen LogP contribution in [0.5, 0.6) is 5.88 Å². The first-order chi connectivity index (χ1) is 11.2. The van der Waals surface area contributed by atoms with Crippen molar-refractivity contribution in [3.05, 3.63) is 87.8 Å². The third-order valence-corrected chi connectivity index (χ3v) is 4.22. The number of nitrogens with zero attached hydrogens (tertiary/aromatic N) is 2. The Kier molecular flexibility index (Phi) is 4.79. The number of rotatable bonds is 4. The lowest BCUT2D eigenvalue weighted by Gasteiger charge is -2.21. The molecule has 3 rings (SSSR count). The maximum atomic E-state index is 6.44. The van der Waals surface area contributed by atoms with Gasteiger partial charge in [-0.2, -0.15) is 0 Å². The van der Waals surface area contributed by atoms with Crippen LogP contribution >= 0.6 is 23.2 Å². The molecule has 1 heterocycles. The smallest absolute Gasteiger partial charge is 0.220 e. The van der Waals surface area contributed by atoms with Crippen LogP contribution in [0.2, 0.25) is 10.0 Å². The summed E-state index contributed by atoms with van der Waals surface area (Å²) in [5, 5.41) is 1.36. The van der Waals surface area contributed by atoms with Gasteiger partial charge in [0.25, 0.3) is 0 Å². The van der Waals surface area contributed by atoms with E-state index in [2.05, 4.69) is 9.97 Å². The van der Waals surface area contributed by atoms with E-state index in [1.807, 2.05) is 48.5 Å². The molecule has 0 aliphatic rings. The van der Waals surface area contributed by atoms with Crippen molar-refractivity contribution in [3.63, 3.8) is 0 Å². The van der Waals surface area contributed by atoms with Crippen molar-refractivity contribution in [3.8, 4) is 5.88 Å². The number of ether oxygens (including phenoxy) is 1. The molecule has 0 saturated heterocycles. The molecule has 0 spiro atoms. The summed E-state index contributed by atoms with van der Waals surface area (Å²) in [5.74, 6) is 0.386. The molecule has 0 bridgehead atoms. The fourth-order valence-corrected chi connectivity index (χ4v) is 2.96. The molecule has 0 N–H and O–H groups in total. The van der Waals surface area contributed by atoms with Crippen molar-refractivity contribution in [2.75, 3.05) is 7.11 Å². The molecule has 0 amide bonds. The monoisotopic (exact) mass is 344 g/mol. The van der Waals surface area contributed by atoms with Crippen LogP contribution in [-0.2, 0) is 0 Å². The van der Waals surface area contributed by atoms with Gasteiger partial charge >= 0.3 is 0 Å². The fourth-order valence-electron chi connectivity index (χ4n) is 2.59. The molecule has 3 nitrogen and oxygen atoms in total. The average Bonchev–Trinajstić information content (AvgIpc) is 2.59. The van der Waals surface area contributed by atoms with E-state index in [1.54, 1.807) is 13.3 Å². The van der Waals surface area contributed by atoms with Crippen molar-refractivity contribution in [2.24, 2.45) is 0 Å². The second-order valence-corrected chi connectivity index (χ2v) is 5.84. The Labute approximate surface area is 144 Å². The first kappa shape index (κ1) is 15.8. The van der Waals surface area contributed by atoms with Gasteiger partial charge in [0.15, 0.2) is 0 Å². The Morgan fingerprint density at radius 3 is 2.39 bits per heavy atom. The van der Waals surface area contributed by atoms with E-state index >= 15 is 0 Å². The zero-order valence-corrected chi connectivity index (χ0v) is 13.9. The quantitative estimate of drug-likeness (QED) is 0.669. The third kappa shape index (κ3) is 3.31. The number of methoxy groups -OCH3 is 1. The maximum absolute atomic E-state index is 6.44. The molecule has 0 unspecified atom stereocenters. The van der Waals surface area contributed by atoms with Gasteiger partial charge < -0.3 is 4.74 Å². The lowest BCUT2D eigenvalue weighted by molar-refractivity contribution is 0.390. The molecule has 1 aromatic heterocycles. The first-order valence-electron chi connectivity index (χ1n) is 7.04. The molecule has 3 aromatic rings. The van der Waals surface area contributed by atoms with Crippen LogP contribution in [0.1, 0.15) is 22.6 Å². The summed E-state index contributed by atoms with van der Waals surface area (Å²) >= 11 is 12.5. The summed E-state index contributed by atoms with van der Waals surface area (Å²) in [7, 11) is 1.59. The minimum atomic E-state index is -0.142. The molecule has 0 aliphatic heterocycles. The zero-order chi connectivity index (χ0) is 16.2. The molecule has 0 fully saturated rings. The highest BCUT2D eigenvalue weighted by Crippen LogP contribution is 2.38. The number of benzene rings is 2. The van der Waals surface area contributed by atoms with E-state index in [4.69, 9.17) is 27.9 Å². The van der Waals surface area contributed by atoms with Crippen molar-refractivity contribution < 1.29 is 4.74 Å². The molecule has 116 valence electrons. The Hall–Kier alpha value is -2.10. The van der Waals surface area contributed by atoms with Crippen LogP contribution in [0, 0.1) is 0 Å². The van der Waals surface area contributed by atoms with Gasteiger partial charge in [-0.3, -0.25) is 0 Å². The molecule has 5 heteroatoms. The van der Waals surface area contributed by atoms with Crippen molar-refractivity contribution in [2.45, 2.75) is 5.92 Å². The summed E-state index contributed by atoms with van der Waals surface area (Å²) < 4.78 is 5.41. The highest BCUT2D eigenvalue weighted by atomic mass is 35.5. The summed E-state index contributed by atoms with van der Waals surface area (Å²) in [5.41, 5.74) is 2.85. The fraction of sp³-hybridized carbons (Fsp3) is 0.111. The van der Waals surface area contributed by atoms with Gasteiger partial charge in [-0.25, -0.2) is 9.97 Å². The van der Waals surface area contributed by atoms with E-state index in [1.165, 1.54) is 6.33 Å². The highest BCUT2D eigenvalue weighted by molar-refractivity contribution is 6.31. The van der Waals surface area contributed by atoms with Crippen molar-refractivity contribution in [1.82, 2.24) is 9.97 Å². The van der Waals surface area contributed by atoms with E-state index < -0.39 is 0 Å². The van der Waals surface area contributed by atoms with Gasteiger partial charge in [-0.05, 0) is 29.3 Å². The van der Waals surface area contributed by atoms with Crippen molar-refractivity contribution in [1.29, 1.82) is 0 Å². The zero-order valence-electron chi connectivity index (χ0n) is 12.4. The summed E-state index contributed by atoms with van der Waals surface area (Å²) in [6.07, 6.45) is 3.22. The van der Waals surface area contributed by atoms with E-state index in [9.17, 15) is 0 Å². The largest absolute Gasteiger partial charge is 0.481 e. The van der Waals surface area contributed by atoms with Crippen LogP contribution in [0.4, 0.5) is 0 Å². The molecule has 0 saturated carbocycles. The number of hydrogen-bond acceptors (Lipinski definition) is 3. The standard InChI is InChI=1S/C18H14Cl2N2O/c1-23-18-15(10-21-11-22-18)17(12-6-8-13(19)9-7-12)14-4-2-3-5-16(14)20/h2-11,17H,1H3/t17-/m1/s1. The van der Waals surface area contributed by atoms with Crippen LogP contribution in [0.15, 0.2) is 61.1 Å². The number of hydrogen-bond donors (Lipinski definition) is 0. The van der Waals surface area contributed by atoms with Gasteiger partial charge in [-0.15, -0.1) is 0 Å². The Morgan fingerprint density at radius 2 is 1.70 bits per heavy atom. The Morgan fingerprint density at radius 1 is 0.957 bits per heavy atom. The van der Waals surface area contributed by atoms with Crippen molar-refractivity contribution >= 4 is 23.2 Å². The molecule has 23 heavy (non-hydrogen) atoms. The topological polar surface area (TPSA) is 35.0 Å². The maximum Gasteiger partial charge on any atom is 0.220 e. The predicted octanol–water partition coefficient (Wildman–Crippen LogP) is 4.97. The third-order valence-electron chi connectivity index (χ3n) is 3.63. The highest BCUT2D eigenvalue weighted by Gasteiger charge is 2.23. The Balaban J connectivity index is 2.22. The van der Waals surface area contributed by atoms with Gasteiger partial charge in [0.1, 0.15) is 6.33 Å². The van der Waals surface area contributed by atoms with Crippen LogP contribution in [0.25, 0.3) is 0 Å². The summed E-state index contributed by atoms with van der Waals surface area (Å²) in [6, 6.07) is 15.4. The average molecular weight is 345 g/mol. The molecule has 0 radical (unpaired) electrons.